The predicted octanol–water partition coefficient (Wildman–Crippen LogP) is 2.70. The summed E-state index contributed by atoms with van der Waals surface area (Å²) in [5, 5.41) is 13.3. The average Bonchev–Trinajstić information content (AvgIpc) is 2.28. The lowest BCUT2D eigenvalue weighted by atomic mass is 9.87. The fourth-order valence-electron chi connectivity index (χ4n) is 2.12. The van der Waals surface area contributed by atoms with E-state index in [4.69, 9.17) is 11.6 Å². The molecule has 0 aromatic carbocycles. The van der Waals surface area contributed by atoms with Gasteiger partial charge in [0.25, 0.3) is 0 Å². The zero-order valence-electron chi connectivity index (χ0n) is 9.19. The largest absolute Gasteiger partial charge is 0.393 e. The molecule has 0 unspecified atom stereocenters. The fraction of sp³-hybridized carbons (Fsp3) is 0.583. The minimum atomic E-state index is -0.0772. The van der Waals surface area contributed by atoms with E-state index in [9.17, 15) is 5.11 Å². The maximum absolute atomic E-state index is 9.40. The molecule has 1 aliphatic carbocycles. The molecule has 0 spiro atoms. The van der Waals surface area contributed by atoms with E-state index < -0.39 is 0 Å². The van der Waals surface area contributed by atoms with Crippen LogP contribution in [0.15, 0.2) is 18.3 Å². The van der Waals surface area contributed by atoms with Crippen molar-refractivity contribution in [3.05, 3.63) is 23.5 Å². The molecule has 0 atom stereocenters. The van der Waals surface area contributed by atoms with Crippen molar-refractivity contribution < 1.29 is 5.11 Å². The molecular formula is C12H17ClN2O. The Bertz CT molecular complexity index is 338. The Hall–Kier alpha value is -0.800. The average molecular weight is 241 g/mol. The molecule has 2 rings (SSSR count). The van der Waals surface area contributed by atoms with Crippen LogP contribution < -0.4 is 5.32 Å². The molecule has 0 aliphatic heterocycles. The normalized spacial score (nSPS) is 25.4. The Balaban J connectivity index is 1.79. The van der Waals surface area contributed by atoms with Gasteiger partial charge >= 0.3 is 0 Å². The van der Waals surface area contributed by atoms with Crippen molar-refractivity contribution in [1.82, 2.24) is 4.98 Å². The van der Waals surface area contributed by atoms with E-state index in [0.29, 0.717) is 11.1 Å². The van der Waals surface area contributed by atoms with Gasteiger partial charge in [0.2, 0.25) is 0 Å². The van der Waals surface area contributed by atoms with E-state index in [0.717, 1.165) is 37.9 Å². The first kappa shape index (κ1) is 11.7. The topological polar surface area (TPSA) is 45.1 Å². The number of nitrogens with one attached hydrogen (secondary N) is 1. The van der Waals surface area contributed by atoms with Crippen molar-refractivity contribution >= 4 is 17.3 Å². The lowest BCUT2D eigenvalue weighted by Crippen LogP contribution is -2.23. The van der Waals surface area contributed by atoms with Gasteiger partial charge in [-0.1, -0.05) is 11.6 Å². The summed E-state index contributed by atoms with van der Waals surface area (Å²) in [6, 6.07) is 3.75. The van der Waals surface area contributed by atoms with Crippen LogP contribution >= 0.6 is 11.6 Å². The second-order valence-electron chi connectivity index (χ2n) is 4.42. The van der Waals surface area contributed by atoms with Gasteiger partial charge in [0.1, 0.15) is 5.15 Å². The molecule has 0 saturated heterocycles. The van der Waals surface area contributed by atoms with Crippen molar-refractivity contribution in [3.63, 3.8) is 0 Å². The molecule has 16 heavy (non-hydrogen) atoms. The first-order valence-corrected chi connectivity index (χ1v) is 6.15. The minimum absolute atomic E-state index is 0.0772. The summed E-state index contributed by atoms with van der Waals surface area (Å²) in [5.41, 5.74) is 1.02. The molecule has 1 aliphatic rings. The van der Waals surface area contributed by atoms with Crippen molar-refractivity contribution in [2.24, 2.45) is 5.92 Å². The van der Waals surface area contributed by atoms with Crippen LogP contribution in [0.1, 0.15) is 25.7 Å². The molecule has 0 bridgehead atoms. The molecule has 88 valence electrons. The molecule has 3 nitrogen and oxygen atoms in total. The summed E-state index contributed by atoms with van der Waals surface area (Å²) in [7, 11) is 0. The molecule has 0 amide bonds. The third-order valence-corrected chi connectivity index (χ3v) is 3.34. The van der Waals surface area contributed by atoms with Gasteiger partial charge in [-0.15, -0.1) is 0 Å². The lowest BCUT2D eigenvalue weighted by molar-refractivity contribution is 0.111. The molecule has 1 aromatic rings. The number of hydrogen-bond acceptors (Lipinski definition) is 3. The van der Waals surface area contributed by atoms with Crippen molar-refractivity contribution in [1.29, 1.82) is 0 Å². The fourth-order valence-corrected chi connectivity index (χ4v) is 2.30. The molecule has 0 radical (unpaired) electrons. The SMILES string of the molecule is OC1CCC(CNc2ccnc(Cl)c2)CC1. The number of anilines is 1. The molecule has 1 fully saturated rings. The number of pyridine rings is 1. The Morgan fingerprint density at radius 3 is 2.81 bits per heavy atom. The maximum Gasteiger partial charge on any atom is 0.131 e. The van der Waals surface area contributed by atoms with Crippen LogP contribution in [0, 0.1) is 5.92 Å². The molecule has 1 saturated carbocycles. The summed E-state index contributed by atoms with van der Waals surface area (Å²) >= 11 is 5.80. The van der Waals surface area contributed by atoms with Crippen molar-refractivity contribution in [2.75, 3.05) is 11.9 Å². The highest BCUT2D eigenvalue weighted by atomic mass is 35.5. The first-order chi connectivity index (χ1) is 7.74. The second-order valence-corrected chi connectivity index (χ2v) is 4.81. The Morgan fingerprint density at radius 2 is 2.12 bits per heavy atom. The molecule has 1 aromatic heterocycles. The van der Waals surface area contributed by atoms with Gasteiger partial charge in [-0.25, -0.2) is 4.98 Å². The number of halogens is 1. The highest BCUT2D eigenvalue weighted by Crippen LogP contribution is 2.24. The minimum Gasteiger partial charge on any atom is -0.393 e. The highest BCUT2D eigenvalue weighted by molar-refractivity contribution is 6.29. The molecule has 1 heterocycles. The van der Waals surface area contributed by atoms with Crippen LogP contribution in [0.25, 0.3) is 0 Å². The van der Waals surface area contributed by atoms with Gasteiger partial charge in [-0.3, -0.25) is 0 Å². The van der Waals surface area contributed by atoms with Gasteiger partial charge in [-0.05, 0) is 43.7 Å². The van der Waals surface area contributed by atoms with Gasteiger partial charge in [-0.2, -0.15) is 0 Å². The van der Waals surface area contributed by atoms with Crippen LogP contribution in [0.2, 0.25) is 5.15 Å². The van der Waals surface area contributed by atoms with E-state index >= 15 is 0 Å². The van der Waals surface area contributed by atoms with Gasteiger partial charge in [0.05, 0.1) is 6.10 Å². The standard InChI is InChI=1S/C12H17ClN2O/c13-12-7-10(5-6-14-12)15-8-9-1-3-11(16)4-2-9/h5-7,9,11,16H,1-4,8H2,(H,14,15). The Kier molecular flexibility index (Phi) is 4.02. The first-order valence-electron chi connectivity index (χ1n) is 5.77. The van der Waals surface area contributed by atoms with E-state index in [2.05, 4.69) is 10.3 Å². The van der Waals surface area contributed by atoms with Crippen LogP contribution in [-0.2, 0) is 0 Å². The van der Waals surface area contributed by atoms with Crippen LogP contribution in [-0.4, -0.2) is 22.7 Å². The zero-order chi connectivity index (χ0) is 11.4. The van der Waals surface area contributed by atoms with Crippen LogP contribution in [0.5, 0.6) is 0 Å². The zero-order valence-corrected chi connectivity index (χ0v) is 9.95. The van der Waals surface area contributed by atoms with Gasteiger partial charge < -0.3 is 10.4 Å². The number of hydrogen-bond donors (Lipinski definition) is 2. The third-order valence-electron chi connectivity index (χ3n) is 3.14. The Labute approximate surface area is 101 Å². The summed E-state index contributed by atoms with van der Waals surface area (Å²) in [6.45, 7) is 0.951. The summed E-state index contributed by atoms with van der Waals surface area (Å²) in [5.74, 6) is 0.662. The molecule has 4 heteroatoms. The molecule has 2 N–H and O–H groups in total. The lowest BCUT2D eigenvalue weighted by Gasteiger charge is -2.25. The number of aliphatic hydroxyl groups is 1. The van der Waals surface area contributed by atoms with E-state index in [1.54, 1.807) is 6.20 Å². The number of nitrogens with zero attached hydrogens (tertiary/aromatic N) is 1. The smallest absolute Gasteiger partial charge is 0.131 e. The quantitative estimate of drug-likeness (QED) is 0.799. The van der Waals surface area contributed by atoms with Gasteiger partial charge in [0, 0.05) is 18.4 Å². The number of aliphatic hydroxyl groups excluding tert-OH is 1. The summed E-state index contributed by atoms with van der Waals surface area (Å²) in [4.78, 5) is 3.94. The number of aromatic nitrogens is 1. The molecular weight excluding hydrogens is 224 g/mol. The van der Waals surface area contributed by atoms with Crippen molar-refractivity contribution in [2.45, 2.75) is 31.8 Å². The number of rotatable bonds is 3. The maximum atomic E-state index is 9.40. The van der Waals surface area contributed by atoms with Crippen LogP contribution in [0.3, 0.4) is 0 Å². The predicted molar refractivity (Wildman–Crippen MR) is 65.7 cm³/mol. The monoisotopic (exact) mass is 240 g/mol. The highest BCUT2D eigenvalue weighted by Gasteiger charge is 2.18. The summed E-state index contributed by atoms with van der Waals surface area (Å²) in [6.07, 6.45) is 5.70. The van der Waals surface area contributed by atoms with Crippen molar-refractivity contribution in [3.8, 4) is 0 Å². The summed E-state index contributed by atoms with van der Waals surface area (Å²) < 4.78 is 0. The second kappa shape index (κ2) is 5.51. The van der Waals surface area contributed by atoms with E-state index in [1.165, 1.54) is 0 Å². The van der Waals surface area contributed by atoms with Gasteiger partial charge in [0.15, 0.2) is 0 Å². The van der Waals surface area contributed by atoms with E-state index in [1.807, 2.05) is 12.1 Å². The van der Waals surface area contributed by atoms with E-state index in [-0.39, 0.29) is 6.10 Å². The third kappa shape index (κ3) is 3.35. The van der Waals surface area contributed by atoms with Crippen LogP contribution in [0.4, 0.5) is 5.69 Å². The Morgan fingerprint density at radius 1 is 1.38 bits per heavy atom.